The average molecular weight is 208 g/mol. The smallest absolute Gasteiger partial charge is 0.269 e. The molecule has 82 valence electrons. The first kappa shape index (κ1) is 10.2. The second-order valence-corrected chi connectivity index (χ2v) is 4.06. The number of nitrogens with two attached hydrogens (primary N) is 1. The van der Waals surface area contributed by atoms with E-state index in [4.69, 9.17) is 5.73 Å². The van der Waals surface area contributed by atoms with Crippen molar-refractivity contribution >= 4 is 5.91 Å². The molecular weight excluding hydrogens is 192 g/mol. The molecule has 1 saturated carbocycles. The SMILES string of the molecule is Cn1cncc1C(=O)NC1CCCC1N. The van der Waals surface area contributed by atoms with Crippen LogP contribution in [0.4, 0.5) is 0 Å². The van der Waals surface area contributed by atoms with E-state index in [1.54, 1.807) is 24.1 Å². The van der Waals surface area contributed by atoms with Crippen LogP contribution in [0.3, 0.4) is 0 Å². The Hall–Kier alpha value is -1.36. The van der Waals surface area contributed by atoms with Gasteiger partial charge >= 0.3 is 0 Å². The van der Waals surface area contributed by atoms with Gasteiger partial charge in [0.2, 0.25) is 0 Å². The molecule has 0 radical (unpaired) electrons. The number of aryl methyl sites for hydroxylation is 1. The molecule has 1 amide bonds. The third-order valence-corrected chi connectivity index (χ3v) is 2.94. The van der Waals surface area contributed by atoms with Crippen LogP contribution in [0.2, 0.25) is 0 Å². The van der Waals surface area contributed by atoms with Crippen LogP contribution in [-0.2, 0) is 7.05 Å². The van der Waals surface area contributed by atoms with Crippen LogP contribution in [0.15, 0.2) is 12.5 Å². The summed E-state index contributed by atoms with van der Waals surface area (Å²) in [4.78, 5) is 15.7. The van der Waals surface area contributed by atoms with E-state index in [9.17, 15) is 4.79 Å². The second kappa shape index (κ2) is 4.02. The van der Waals surface area contributed by atoms with E-state index < -0.39 is 0 Å². The van der Waals surface area contributed by atoms with Gasteiger partial charge in [-0.15, -0.1) is 0 Å². The number of imidazole rings is 1. The lowest BCUT2D eigenvalue weighted by Crippen LogP contribution is -2.44. The lowest BCUT2D eigenvalue weighted by molar-refractivity contribution is 0.0926. The topological polar surface area (TPSA) is 72.9 Å². The molecule has 1 aromatic rings. The number of hydrogen-bond acceptors (Lipinski definition) is 3. The van der Waals surface area contributed by atoms with Gasteiger partial charge in [-0.25, -0.2) is 4.98 Å². The monoisotopic (exact) mass is 208 g/mol. The quantitative estimate of drug-likeness (QED) is 0.720. The fourth-order valence-electron chi connectivity index (χ4n) is 1.99. The average Bonchev–Trinajstić information content (AvgIpc) is 2.76. The van der Waals surface area contributed by atoms with Gasteiger partial charge in [0.05, 0.1) is 12.5 Å². The minimum absolute atomic E-state index is 0.0858. The standard InChI is InChI=1S/C10H16N4O/c1-14-6-12-5-9(14)10(15)13-8-4-2-3-7(8)11/h5-8H,2-4,11H2,1H3,(H,13,15). The summed E-state index contributed by atoms with van der Waals surface area (Å²) in [6.07, 6.45) is 6.25. The number of rotatable bonds is 2. The van der Waals surface area contributed by atoms with E-state index >= 15 is 0 Å². The summed E-state index contributed by atoms with van der Waals surface area (Å²) < 4.78 is 1.70. The Kier molecular flexibility index (Phi) is 2.73. The zero-order chi connectivity index (χ0) is 10.8. The first-order valence-electron chi connectivity index (χ1n) is 5.21. The van der Waals surface area contributed by atoms with Crippen molar-refractivity contribution in [2.24, 2.45) is 12.8 Å². The Morgan fingerprint density at radius 2 is 2.47 bits per heavy atom. The van der Waals surface area contributed by atoms with Gasteiger partial charge in [0.1, 0.15) is 5.69 Å². The summed E-state index contributed by atoms with van der Waals surface area (Å²) >= 11 is 0. The maximum Gasteiger partial charge on any atom is 0.269 e. The van der Waals surface area contributed by atoms with Crippen molar-refractivity contribution in [2.45, 2.75) is 31.3 Å². The van der Waals surface area contributed by atoms with E-state index in [0.717, 1.165) is 19.3 Å². The molecule has 0 aliphatic heterocycles. The Bertz CT molecular complexity index is 360. The number of carbonyl (C=O) groups excluding carboxylic acids is 1. The number of carbonyl (C=O) groups is 1. The molecule has 0 bridgehead atoms. The molecule has 1 aliphatic rings. The van der Waals surface area contributed by atoms with E-state index in [0.29, 0.717) is 5.69 Å². The first-order chi connectivity index (χ1) is 7.18. The highest BCUT2D eigenvalue weighted by Gasteiger charge is 2.26. The Morgan fingerprint density at radius 1 is 1.67 bits per heavy atom. The van der Waals surface area contributed by atoms with Crippen molar-refractivity contribution in [1.29, 1.82) is 0 Å². The Morgan fingerprint density at radius 3 is 3.00 bits per heavy atom. The zero-order valence-corrected chi connectivity index (χ0v) is 8.81. The molecule has 3 N–H and O–H groups in total. The van der Waals surface area contributed by atoms with E-state index in [-0.39, 0.29) is 18.0 Å². The third-order valence-electron chi connectivity index (χ3n) is 2.94. The highest BCUT2D eigenvalue weighted by Crippen LogP contribution is 2.17. The van der Waals surface area contributed by atoms with Gasteiger partial charge < -0.3 is 15.6 Å². The largest absolute Gasteiger partial charge is 0.346 e. The molecule has 2 rings (SSSR count). The van der Waals surface area contributed by atoms with Crippen LogP contribution < -0.4 is 11.1 Å². The number of hydrogen-bond donors (Lipinski definition) is 2. The number of nitrogens with one attached hydrogen (secondary N) is 1. The fourth-order valence-corrected chi connectivity index (χ4v) is 1.99. The second-order valence-electron chi connectivity index (χ2n) is 4.06. The maximum atomic E-state index is 11.8. The third kappa shape index (κ3) is 2.02. The van der Waals surface area contributed by atoms with E-state index in [2.05, 4.69) is 10.3 Å². The van der Waals surface area contributed by atoms with Gasteiger partial charge in [-0.3, -0.25) is 4.79 Å². The molecule has 1 aromatic heterocycles. The van der Waals surface area contributed by atoms with E-state index in [1.165, 1.54) is 0 Å². The summed E-state index contributed by atoms with van der Waals surface area (Å²) in [5.41, 5.74) is 6.46. The lowest BCUT2D eigenvalue weighted by atomic mass is 10.2. The van der Waals surface area contributed by atoms with Crippen LogP contribution >= 0.6 is 0 Å². The van der Waals surface area contributed by atoms with Gasteiger partial charge in [-0.2, -0.15) is 0 Å². The zero-order valence-electron chi connectivity index (χ0n) is 8.81. The van der Waals surface area contributed by atoms with Crippen LogP contribution in [-0.4, -0.2) is 27.5 Å². The first-order valence-corrected chi connectivity index (χ1v) is 5.21. The van der Waals surface area contributed by atoms with Crippen LogP contribution in [0.5, 0.6) is 0 Å². The van der Waals surface area contributed by atoms with Gasteiger partial charge in [0, 0.05) is 19.1 Å². The minimum atomic E-state index is -0.0858. The van der Waals surface area contributed by atoms with Gasteiger partial charge in [-0.1, -0.05) is 0 Å². The predicted molar refractivity (Wildman–Crippen MR) is 56.3 cm³/mol. The summed E-state index contributed by atoms with van der Waals surface area (Å²) in [5, 5.41) is 2.95. The summed E-state index contributed by atoms with van der Waals surface area (Å²) in [6, 6.07) is 0.217. The van der Waals surface area contributed by atoms with E-state index in [1.807, 2.05) is 0 Å². The Balaban J connectivity index is 2.01. The number of amides is 1. The van der Waals surface area contributed by atoms with Crippen molar-refractivity contribution in [2.75, 3.05) is 0 Å². The molecule has 15 heavy (non-hydrogen) atoms. The van der Waals surface area contributed by atoms with Crippen LogP contribution in [0.25, 0.3) is 0 Å². The molecule has 2 atom stereocenters. The van der Waals surface area contributed by atoms with Crippen molar-refractivity contribution in [1.82, 2.24) is 14.9 Å². The molecule has 0 saturated heterocycles. The van der Waals surface area contributed by atoms with Gasteiger partial charge in [-0.05, 0) is 19.3 Å². The molecule has 1 heterocycles. The van der Waals surface area contributed by atoms with Gasteiger partial charge in [0.15, 0.2) is 0 Å². The fraction of sp³-hybridized carbons (Fsp3) is 0.600. The summed E-state index contributed by atoms with van der Waals surface area (Å²) in [6.45, 7) is 0. The number of aromatic nitrogens is 2. The number of nitrogens with zero attached hydrogens (tertiary/aromatic N) is 2. The molecule has 0 aromatic carbocycles. The minimum Gasteiger partial charge on any atom is -0.346 e. The molecule has 2 unspecified atom stereocenters. The van der Waals surface area contributed by atoms with Crippen molar-refractivity contribution in [3.63, 3.8) is 0 Å². The molecule has 1 aliphatic carbocycles. The Labute approximate surface area is 88.7 Å². The molecule has 0 spiro atoms. The predicted octanol–water partition coefficient (Wildman–Crippen LogP) is 0.0297. The van der Waals surface area contributed by atoms with Crippen LogP contribution in [0.1, 0.15) is 29.8 Å². The van der Waals surface area contributed by atoms with Gasteiger partial charge in [0.25, 0.3) is 5.91 Å². The lowest BCUT2D eigenvalue weighted by Gasteiger charge is -2.16. The van der Waals surface area contributed by atoms with Crippen molar-refractivity contribution in [3.05, 3.63) is 18.2 Å². The summed E-state index contributed by atoms with van der Waals surface area (Å²) in [7, 11) is 1.80. The summed E-state index contributed by atoms with van der Waals surface area (Å²) in [5.74, 6) is -0.0858. The highest BCUT2D eigenvalue weighted by molar-refractivity contribution is 5.92. The molecule has 5 nitrogen and oxygen atoms in total. The molecular formula is C10H16N4O. The van der Waals surface area contributed by atoms with Crippen molar-refractivity contribution in [3.8, 4) is 0 Å². The maximum absolute atomic E-state index is 11.8. The van der Waals surface area contributed by atoms with Crippen LogP contribution in [0, 0.1) is 0 Å². The normalized spacial score (nSPS) is 25.5. The molecule has 1 fully saturated rings. The van der Waals surface area contributed by atoms with Crippen molar-refractivity contribution < 1.29 is 4.79 Å². The highest BCUT2D eigenvalue weighted by atomic mass is 16.2. The molecule has 5 heteroatoms.